The van der Waals surface area contributed by atoms with Crippen molar-refractivity contribution in [1.29, 1.82) is 0 Å². The first-order chi connectivity index (χ1) is 15.6. The van der Waals surface area contributed by atoms with E-state index in [1.54, 1.807) is 19.4 Å². The molecule has 3 heterocycles. The maximum Gasteiger partial charge on any atom is 0.251 e. The quantitative estimate of drug-likeness (QED) is 0.724. The molecular formula is C26H33N3O4. The number of hydrogen-bond acceptors (Lipinski definition) is 5. The van der Waals surface area contributed by atoms with Crippen LogP contribution in [0.1, 0.15) is 55.6 Å². The number of carbonyl (C=O) groups is 2. The molecule has 0 bridgehead atoms. The zero-order chi connectivity index (χ0) is 23.9. The number of fused-ring (bicyclic) bond motifs is 1. The molecule has 7 nitrogen and oxygen atoms in total. The van der Waals surface area contributed by atoms with Gasteiger partial charge in [-0.1, -0.05) is 6.92 Å². The van der Waals surface area contributed by atoms with Crippen molar-refractivity contribution < 1.29 is 19.1 Å². The van der Waals surface area contributed by atoms with Crippen LogP contribution in [0.4, 0.5) is 0 Å². The maximum atomic E-state index is 13.3. The Balaban J connectivity index is 1.65. The predicted octanol–water partition coefficient (Wildman–Crippen LogP) is 3.67. The van der Waals surface area contributed by atoms with Gasteiger partial charge in [0.05, 0.1) is 13.0 Å². The molecule has 176 valence electrons. The summed E-state index contributed by atoms with van der Waals surface area (Å²) in [6, 6.07) is 5.76. The second-order valence-corrected chi connectivity index (χ2v) is 9.97. The summed E-state index contributed by atoms with van der Waals surface area (Å²) in [6.45, 7) is 10.5. The molecule has 1 saturated heterocycles. The summed E-state index contributed by atoms with van der Waals surface area (Å²) < 4.78 is 11.5. The minimum absolute atomic E-state index is 0.00683. The van der Waals surface area contributed by atoms with Crippen LogP contribution in [0.3, 0.4) is 0 Å². The van der Waals surface area contributed by atoms with Crippen LogP contribution >= 0.6 is 0 Å². The number of benzene rings is 1. The van der Waals surface area contributed by atoms with E-state index in [2.05, 4.69) is 22.5 Å². The van der Waals surface area contributed by atoms with Crippen LogP contribution in [-0.4, -0.2) is 42.1 Å². The Bertz CT molecular complexity index is 1080. The molecule has 1 fully saturated rings. The molecule has 2 aliphatic rings. The fourth-order valence-electron chi connectivity index (χ4n) is 4.97. The highest BCUT2D eigenvalue weighted by molar-refractivity contribution is 5.98. The lowest BCUT2D eigenvalue weighted by atomic mass is 9.84. The molecule has 2 amide bonds. The van der Waals surface area contributed by atoms with Crippen molar-refractivity contribution in [1.82, 2.24) is 15.6 Å². The van der Waals surface area contributed by atoms with Gasteiger partial charge in [0.15, 0.2) is 0 Å². The van der Waals surface area contributed by atoms with Crippen molar-refractivity contribution in [2.75, 3.05) is 13.7 Å². The van der Waals surface area contributed by atoms with E-state index >= 15 is 0 Å². The lowest BCUT2D eigenvalue weighted by Crippen LogP contribution is -2.50. The molecule has 0 aliphatic carbocycles. The van der Waals surface area contributed by atoms with E-state index in [0.29, 0.717) is 24.4 Å². The molecule has 4 rings (SSSR count). The third-order valence-electron chi connectivity index (χ3n) is 6.77. The number of amides is 2. The third-order valence-corrected chi connectivity index (χ3v) is 6.77. The van der Waals surface area contributed by atoms with Gasteiger partial charge in [0, 0.05) is 53.5 Å². The largest absolute Gasteiger partial charge is 0.487 e. The molecule has 7 heteroatoms. The van der Waals surface area contributed by atoms with Crippen molar-refractivity contribution in [3.8, 4) is 22.8 Å². The highest BCUT2D eigenvalue weighted by Crippen LogP contribution is 2.45. The van der Waals surface area contributed by atoms with Gasteiger partial charge in [0.25, 0.3) is 5.91 Å². The van der Waals surface area contributed by atoms with Crippen molar-refractivity contribution in [2.24, 2.45) is 11.8 Å². The molecule has 1 aromatic carbocycles. The van der Waals surface area contributed by atoms with Crippen LogP contribution in [0.25, 0.3) is 11.1 Å². The van der Waals surface area contributed by atoms with Gasteiger partial charge < -0.3 is 20.1 Å². The van der Waals surface area contributed by atoms with Crippen molar-refractivity contribution in [3.05, 3.63) is 41.1 Å². The molecule has 2 aliphatic heterocycles. The number of hydrogen-bond donors (Lipinski definition) is 2. The number of aromatic nitrogens is 1. The van der Waals surface area contributed by atoms with Crippen LogP contribution < -0.4 is 20.1 Å². The number of ether oxygens (including phenoxy) is 2. The average Bonchev–Trinajstić information content (AvgIpc) is 3.09. The first-order valence-electron chi connectivity index (χ1n) is 11.5. The Morgan fingerprint density at radius 1 is 1.33 bits per heavy atom. The molecule has 1 aromatic heterocycles. The van der Waals surface area contributed by atoms with E-state index < -0.39 is 0 Å². The molecule has 0 spiro atoms. The number of piperidine rings is 1. The topological polar surface area (TPSA) is 89.5 Å². The van der Waals surface area contributed by atoms with E-state index in [-0.39, 0.29) is 35.3 Å². The Hall–Kier alpha value is -3.09. The molecule has 3 unspecified atom stereocenters. The van der Waals surface area contributed by atoms with Gasteiger partial charge in [-0.3, -0.25) is 9.59 Å². The summed E-state index contributed by atoms with van der Waals surface area (Å²) in [5, 5.41) is 6.01. The molecule has 2 N–H and O–H groups in total. The molecule has 0 radical (unpaired) electrons. The van der Waals surface area contributed by atoms with Crippen LogP contribution in [0, 0.1) is 18.8 Å². The van der Waals surface area contributed by atoms with Gasteiger partial charge >= 0.3 is 0 Å². The fourth-order valence-corrected chi connectivity index (χ4v) is 4.97. The molecular weight excluding hydrogens is 418 g/mol. The van der Waals surface area contributed by atoms with E-state index in [0.717, 1.165) is 34.4 Å². The number of methoxy groups -OCH3 is 1. The van der Waals surface area contributed by atoms with E-state index in [1.165, 1.54) is 0 Å². The molecule has 2 aromatic rings. The minimum Gasteiger partial charge on any atom is -0.487 e. The van der Waals surface area contributed by atoms with Crippen LogP contribution in [-0.2, 0) is 11.2 Å². The normalized spacial score (nSPS) is 23.3. The highest BCUT2D eigenvalue weighted by Gasteiger charge is 2.36. The Labute approximate surface area is 195 Å². The van der Waals surface area contributed by atoms with Gasteiger partial charge in [0.1, 0.15) is 11.4 Å². The summed E-state index contributed by atoms with van der Waals surface area (Å²) in [4.78, 5) is 30.1. The van der Waals surface area contributed by atoms with Crippen LogP contribution in [0.5, 0.6) is 11.6 Å². The first-order valence-corrected chi connectivity index (χ1v) is 11.5. The zero-order valence-corrected chi connectivity index (χ0v) is 20.2. The van der Waals surface area contributed by atoms with Gasteiger partial charge in [-0.25, -0.2) is 4.98 Å². The van der Waals surface area contributed by atoms with Gasteiger partial charge in [-0.05, 0) is 57.7 Å². The Kier molecular flexibility index (Phi) is 6.08. The number of carbonyl (C=O) groups excluding carboxylic acids is 2. The van der Waals surface area contributed by atoms with Crippen molar-refractivity contribution in [3.63, 3.8) is 0 Å². The lowest BCUT2D eigenvalue weighted by Gasteiger charge is -2.32. The molecule has 33 heavy (non-hydrogen) atoms. The summed E-state index contributed by atoms with van der Waals surface area (Å²) in [7, 11) is 1.58. The van der Waals surface area contributed by atoms with Gasteiger partial charge in [-0.2, -0.15) is 0 Å². The molecule has 3 atom stereocenters. The highest BCUT2D eigenvalue weighted by atomic mass is 16.5. The summed E-state index contributed by atoms with van der Waals surface area (Å²) in [5.41, 5.74) is 3.87. The predicted molar refractivity (Wildman–Crippen MR) is 127 cm³/mol. The summed E-state index contributed by atoms with van der Waals surface area (Å²) in [5.74, 6) is 1.14. The second kappa shape index (κ2) is 8.69. The molecule has 0 saturated carbocycles. The zero-order valence-electron chi connectivity index (χ0n) is 20.2. The van der Waals surface area contributed by atoms with Crippen LogP contribution in [0.15, 0.2) is 24.4 Å². The van der Waals surface area contributed by atoms with Gasteiger partial charge in [0.2, 0.25) is 11.8 Å². The van der Waals surface area contributed by atoms with Gasteiger partial charge in [-0.15, -0.1) is 0 Å². The third kappa shape index (κ3) is 4.54. The standard InChI is InChI=1S/C26H33N3O4/c1-14-9-15(2)29-25(31)21(14)13-28-24(30)18-10-19(17-7-8-22(32-6)27-12-17)23-20(16(18)3)11-26(4,5)33-23/h7-8,10,12,14-15,21H,9,11,13H2,1-6H3,(H,28,30)(H,29,31). The van der Waals surface area contributed by atoms with E-state index in [4.69, 9.17) is 9.47 Å². The van der Waals surface area contributed by atoms with Crippen molar-refractivity contribution in [2.45, 2.75) is 59.1 Å². The first kappa shape index (κ1) is 23.1. The smallest absolute Gasteiger partial charge is 0.251 e. The number of nitrogens with one attached hydrogen (secondary N) is 2. The Morgan fingerprint density at radius 2 is 2.09 bits per heavy atom. The SMILES string of the molecule is COc1ccc(-c2cc(C(=O)NCC3C(=O)NC(C)CC3C)c(C)c3c2OC(C)(C)C3)cn1. The van der Waals surface area contributed by atoms with Crippen molar-refractivity contribution >= 4 is 11.8 Å². The van der Waals surface area contributed by atoms with Crippen LogP contribution in [0.2, 0.25) is 0 Å². The number of rotatable bonds is 5. The van der Waals surface area contributed by atoms with E-state index in [9.17, 15) is 9.59 Å². The second-order valence-electron chi connectivity index (χ2n) is 9.97. The fraction of sp³-hybridized carbons (Fsp3) is 0.500. The summed E-state index contributed by atoms with van der Waals surface area (Å²) >= 11 is 0. The Morgan fingerprint density at radius 3 is 2.73 bits per heavy atom. The number of pyridine rings is 1. The minimum atomic E-state index is -0.358. The lowest BCUT2D eigenvalue weighted by molar-refractivity contribution is -0.129. The average molecular weight is 452 g/mol. The monoisotopic (exact) mass is 451 g/mol. The summed E-state index contributed by atoms with van der Waals surface area (Å²) in [6.07, 6.45) is 3.35. The number of nitrogens with zero attached hydrogens (tertiary/aromatic N) is 1. The maximum absolute atomic E-state index is 13.3. The van der Waals surface area contributed by atoms with E-state index in [1.807, 2.05) is 39.8 Å².